The molecule has 1 N–H and O–H groups in total. The van der Waals surface area contributed by atoms with Crippen molar-refractivity contribution in [1.29, 1.82) is 0 Å². The van der Waals surface area contributed by atoms with Gasteiger partial charge in [-0.05, 0) is 82.2 Å². The lowest BCUT2D eigenvalue weighted by Gasteiger charge is -2.35. The van der Waals surface area contributed by atoms with E-state index in [1.165, 1.54) is 7.11 Å². The Kier molecular flexibility index (Phi) is 11.9. The molecule has 0 bridgehead atoms. The smallest absolute Gasteiger partial charge is 0.331 e. The van der Waals surface area contributed by atoms with Crippen LogP contribution in [-0.4, -0.2) is 68.3 Å². The van der Waals surface area contributed by atoms with Crippen LogP contribution in [0.25, 0.3) is 22.4 Å². The van der Waals surface area contributed by atoms with Gasteiger partial charge in [0.25, 0.3) is 5.91 Å². The number of nitrogens with one attached hydrogen (secondary N) is 1. The second-order valence-electron chi connectivity index (χ2n) is 11.3. The van der Waals surface area contributed by atoms with Crippen molar-refractivity contribution in [2.24, 2.45) is 0 Å². The van der Waals surface area contributed by atoms with Crippen LogP contribution in [0.5, 0.6) is 11.5 Å². The second-order valence-corrected chi connectivity index (χ2v) is 12.1. The highest BCUT2D eigenvalue weighted by Crippen LogP contribution is 2.39. The van der Waals surface area contributed by atoms with Gasteiger partial charge >= 0.3 is 5.97 Å². The molecule has 4 rings (SSSR count). The van der Waals surface area contributed by atoms with Crippen molar-refractivity contribution < 1.29 is 23.8 Å². The number of hydrogen-bond acceptors (Lipinski definition) is 7. The molecule has 3 aromatic rings. The number of esters is 1. The molecule has 1 aliphatic rings. The zero-order valence-corrected chi connectivity index (χ0v) is 27.4. The predicted octanol–water partition coefficient (Wildman–Crippen LogP) is 7.45. The topological polar surface area (TPSA) is 90.0 Å². The van der Waals surface area contributed by atoms with Crippen molar-refractivity contribution in [3.63, 3.8) is 0 Å². The van der Waals surface area contributed by atoms with Gasteiger partial charge in [-0.2, -0.15) is 0 Å². The van der Waals surface area contributed by atoms with Gasteiger partial charge in [-0.15, -0.1) is 0 Å². The number of halogens is 2. The normalized spacial score (nSPS) is 14.2. The van der Waals surface area contributed by atoms with E-state index in [4.69, 9.17) is 42.4 Å². The van der Waals surface area contributed by atoms with Crippen molar-refractivity contribution in [3.8, 4) is 33.9 Å². The van der Waals surface area contributed by atoms with Crippen LogP contribution >= 0.6 is 23.2 Å². The van der Waals surface area contributed by atoms with Crippen LogP contribution in [0, 0.1) is 0 Å². The lowest BCUT2D eigenvalue weighted by atomic mass is 9.81. The number of amides is 1. The van der Waals surface area contributed by atoms with E-state index < -0.39 is 17.4 Å². The van der Waals surface area contributed by atoms with Crippen LogP contribution in [0.1, 0.15) is 62.4 Å². The van der Waals surface area contributed by atoms with Gasteiger partial charge in [0.1, 0.15) is 22.7 Å². The maximum atomic E-state index is 13.7. The maximum absolute atomic E-state index is 13.7. The van der Waals surface area contributed by atoms with Gasteiger partial charge < -0.3 is 24.4 Å². The van der Waals surface area contributed by atoms with Gasteiger partial charge in [0.05, 0.1) is 31.0 Å². The molecule has 10 heteroatoms. The summed E-state index contributed by atoms with van der Waals surface area (Å²) in [6.45, 7) is 3.98. The molecule has 1 fully saturated rings. The number of methoxy groups -OCH3 is 1. The summed E-state index contributed by atoms with van der Waals surface area (Å²) in [6.07, 6.45) is 5.38. The summed E-state index contributed by atoms with van der Waals surface area (Å²) in [7, 11) is 5.37. The van der Waals surface area contributed by atoms with Crippen LogP contribution < -0.4 is 14.8 Å². The van der Waals surface area contributed by atoms with E-state index in [9.17, 15) is 9.59 Å². The Morgan fingerprint density at radius 1 is 0.932 bits per heavy atom. The highest BCUT2D eigenvalue weighted by molar-refractivity contribution is 6.33. The molecule has 1 aromatic heterocycles. The minimum Gasteiger partial charge on any atom is -0.494 e. The fraction of sp³-hybridized carbons (Fsp3) is 0.441. The lowest BCUT2D eigenvalue weighted by molar-refractivity contribution is -0.149. The van der Waals surface area contributed by atoms with Crippen molar-refractivity contribution in [3.05, 3.63) is 64.3 Å². The Balaban J connectivity index is 1.77. The third-order valence-electron chi connectivity index (χ3n) is 7.68. The van der Waals surface area contributed by atoms with Gasteiger partial charge in [0.2, 0.25) is 0 Å². The summed E-state index contributed by atoms with van der Waals surface area (Å²) >= 11 is 13.3. The Morgan fingerprint density at radius 3 is 2.39 bits per heavy atom. The first-order valence-corrected chi connectivity index (χ1v) is 15.8. The van der Waals surface area contributed by atoms with Crippen LogP contribution in [-0.2, 0) is 9.53 Å². The summed E-state index contributed by atoms with van der Waals surface area (Å²) in [4.78, 5) is 33.5. The average Bonchev–Trinajstić information content (AvgIpc) is 3.03. The molecule has 1 aliphatic carbocycles. The van der Waals surface area contributed by atoms with E-state index in [-0.39, 0.29) is 5.69 Å². The maximum Gasteiger partial charge on any atom is 0.331 e. The van der Waals surface area contributed by atoms with Gasteiger partial charge in [-0.1, -0.05) is 55.5 Å². The molecule has 0 spiro atoms. The third-order valence-corrected chi connectivity index (χ3v) is 8.32. The molecule has 44 heavy (non-hydrogen) atoms. The Hall–Kier alpha value is -3.33. The zero-order chi connectivity index (χ0) is 31.7. The van der Waals surface area contributed by atoms with E-state index >= 15 is 0 Å². The molecule has 1 saturated carbocycles. The number of carbonyl (C=O) groups excluding carboxylic acids is 2. The van der Waals surface area contributed by atoms with E-state index in [1.807, 2.05) is 51.4 Å². The van der Waals surface area contributed by atoms with E-state index in [2.05, 4.69) is 10.2 Å². The predicted molar refractivity (Wildman–Crippen MR) is 175 cm³/mol. The number of nitrogens with zero attached hydrogens (tertiary/aromatic N) is 2. The van der Waals surface area contributed by atoms with E-state index in [0.717, 1.165) is 38.6 Å². The van der Waals surface area contributed by atoms with Gasteiger partial charge in [0, 0.05) is 28.3 Å². The third kappa shape index (κ3) is 8.23. The van der Waals surface area contributed by atoms with Crippen LogP contribution in [0.15, 0.2) is 48.5 Å². The molecule has 0 radical (unpaired) electrons. The van der Waals surface area contributed by atoms with Crippen LogP contribution in [0.4, 0.5) is 0 Å². The number of pyridine rings is 1. The minimum absolute atomic E-state index is 0.163. The number of benzene rings is 2. The molecule has 2 aromatic carbocycles. The summed E-state index contributed by atoms with van der Waals surface area (Å²) < 4.78 is 17.0. The number of carbonyl (C=O) groups is 2. The van der Waals surface area contributed by atoms with Crippen molar-refractivity contribution >= 4 is 35.1 Å². The molecule has 1 amide bonds. The van der Waals surface area contributed by atoms with Crippen LogP contribution in [0.2, 0.25) is 10.0 Å². The minimum atomic E-state index is -1.08. The standard InChI is InChI=1S/C34H41Cl2N3O5/c1-5-19-43-24-11-14-27(35)26(22-24)25-12-15-29(32(40)38-34(33(41)42-4)16-7-6-8-17-34)37-31(25)23-10-13-28(36)30(21-23)44-20-9-18-39(2)3/h10-15,21-22H,5-9,16-20H2,1-4H3,(H,38,40). The lowest BCUT2D eigenvalue weighted by Crippen LogP contribution is -2.56. The quantitative estimate of drug-likeness (QED) is 0.153. The average molecular weight is 643 g/mol. The summed E-state index contributed by atoms with van der Waals surface area (Å²) in [6, 6.07) is 14.4. The highest BCUT2D eigenvalue weighted by atomic mass is 35.5. The van der Waals surface area contributed by atoms with Gasteiger partial charge in [-0.3, -0.25) is 4.79 Å². The SMILES string of the molecule is CCCOc1ccc(Cl)c(-c2ccc(C(=O)NC3(C(=O)OC)CCCCC3)nc2-c2ccc(Cl)c(OCCCN(C)C)c2)c1. The van der Waals surface area contributed by atoms with Crippen LogP contribution in [0.3, 0.4) is 0 Å². The molecule has 0 atom stereocenters. The first-order valence-electron chi connectivity index (χ1n) is 15.1. The fourth-order valence-corrected chi connectivity index (χ4v) is 5.77. The molecular formula is C34H41Cl2N3O5. The molecule has 0 saturated heterocycles. The molecule has 8 nitrogen and oxygen atoms in total. The number of hydrogen-bond donors (Lipinski definition) is 1. The second kappa shape index (κ2) is 15.6. The van der Waals surface area contributed by atoms with E-state index in [1.54, 1.807) is 18.2 Å². The molecular weight excluding hydrogens is 601 g/mol. The van der Waals surface area contributed by atoms with Gasteiger partial charge in [0.15, 0.2) is 0 Å². The number of rotatable bonds is 13. The summed E-state index contributed by atoms with van der Waals surface area (Å²) in [5, 5.41) is 3.95. The number of ether oxygens (including phenoxy) is 3. The van der Waals surface area contributed by atoms with Gasteiger partial charge in [-0.25, -0.2) is 9.78 Å². The first kappa shape index (κ1) is 33.6. The fourth-order valence-electron chi connectivity index (χ4n) is 5.38. The molecule has 1 heterocycles. The Bertz CT molecular complexity index is 1460. The monoisotopic (exact) mass is 641 g/mol. The summed E-state index contributed by atoms with van der Waals surface area (Å²) in [5.74, 6) is 0.304. The molecule has 0 unspecified atom stereocenters. The Labute approximate surface area is 270 Å². The Morgan fingerprint density at radius 2 is 1.68 bits per heavy atom. The number of aromatic nitrogens is 1. The largest absolute Gasteiger partial charge is 0.494 e. The highest BCUT2D eigenvalue weighted by Gasteiger charge is 2.42. The van der Waals surface area contributed by atoms with E-state index in [0.29, 0.717) is 70.0 Å². The van der Waals surface area contributed by atoms with Crippen molar-refractivity contribution in [2.45, 2.75) is 57.4 Å². The molecule has 0 aliphatic heterocycles. The van der Waals surface area contributed by atoms with Crippen molar-refractivity contribution in [2.75, 3.05) is 41.0 Å². The first-order chi connectivity index (χ1) is 21.2. The molecule has 236 valence electrons. The summed E-state index contributed by atoms with van der Waals surface area (Å²) in [5.41, 5.74) is 1.70. The van der Waals surface area contributed by atoms with Crippen molar-refractivity contribution in [1.82, 2.24) is 15.2 Å². The zero-order valence-electron chi connectivity index (χ0n) is 25.9.